The number of aromatic hydroxyl groups is 1. The Labute approximate surface area is 172 Å². The second-order valence-electron chi connectivity index (χ2n) is 5.73. The van der Waals surface area contributed by atoms with Gasteiger partial charge in [0.15, 0.2) is 18.0 Å². The third-order valence-electron chi connectivity index (χ3n) is 3.90. The van der Waals surface area contributed by atoms with Gasteiger partial charge in [0.25, 0.3) is 0 Å². The predicted molar refractivity (Wildman–Crippen MR) is 108 cm³/mol. The molecule has 0 spiro atoms. The Morgan fingerprint density at radius 3 is 2.83 bits per heavy atom. The topological polar surface area (TPSA) is 119 Å². The van der Waals surface area contributed by atoms with Crippen molar-refractivity contribution >= 4 is 44.1 Å². The number of rotatable bonds is 6. The van der Waals surface area contributed by atoms with E-state index in [4.69, 9.17) is 11.2 Å². The first-order chi connectivity index (χ1) is 13.9. The molecule has 10 heteroatoms. The maximum atomic E-state index is 12.0. The number of carbonyl (C=O) groups excluding carboxylic acids is 1. The van der Waals surface area contributed by atoms with Crippen LogP contribution in [0.2, 0.25) is 0 Å². The van der Waals surface area contributed by atoms with Gasteiger partial charge in [-0.1, -0.05) is 34.0 Å². The van der Waals surface area contributed by atoms with Crippen molar-refractivity contribution < 1.29 is 19.6 Å². The molecule has 1 aromatic heterocycles. The van der Waals surface area contributed by atoms with Crippen LogP contribution in [0.4, 0.5) is 11.4 Å². The fraction of sp³-hybridized carbons (Fsp3) is 0.105. The highest BCUT2D eigenvalue weighted by Crippen LogP contribution is 2.40. The van der Waals surface area contributed by atoms with Gasteiger partial charge in [-0.15, -0.1) is 16.7 Å². The number of aromatic nitrogens is 1. The number of amides is 1. The molecule has 3 rings (SSSR count). The van der Waals surface area contributed by atoms with Crippen LogP contribution in [0.25, 0.3) is 10.9 Å². The molecule has 0 radical (unpaired) electrons. The van der Waals surface area contributed by atoms with Gasteiger partial charge < -0.3 is 9.84 Å². The average Bonchev–Trinajstić information content (AvgIpc) is 2.95. The predicted octanol–water partition coefficient (Wildman–Crippen LogP) is 4.34. The molecule has 0 bridgehead atoms. The highest BCUT2D eigenvalue weighted by molar-refractivity contribution is 9.10. The maximum Gasteiger partial charge on any atom is 0.310 e. The number of carbonyl (C=O) groups is 1. The molecular formula is C19H13BrN4O5. The molecule has 0 saturated carbocycles. The third-order valence-corrected chi connectivity index (χ3v) is 4.39. The number of hydrogen-bond donors (Lipinski definition) is 1. The third kappa shape index (κ3) is 4.25. The van der Waals surface area contributed by atoms with Crippen LogP contribution in [-0.2, 0) is 11.3 Å². The fourth-order valence-corrected chi connectivity index (χ4v) is 3.01. The summed E-state index contributed by atoms with van der Waals surface area (Å²) in [6, 6.07) is 10.9. The summed E-state index contributed by atoms with van der Waals surface area (Å²) in [6.45, 7) is -0.448. The Kier molecular flexibility index (Phi) is 5.90. The molecule has 29 heavy (non-hydrogen) atoms. The van der Waals surface area contributed by atoms with E-state index in [1.165, 1.54) is 22.8 Å². The minimum absolute atomic E-state index is 0.0570. The number of halogens is 1. The number of ether oxygens (including phenoxy) is 1. The van der Waals surface area contributed by atoms with Crippen molar-refractivity contribution in [2.24, 2.45) is 10.2 Å². The standard InChI is InChI=1S/C19H13BrN4O5/c1-2-9-23-14-8-7-12(20)10-13(14)18(19(23)26)22-21-17(25)11-29-16-6-4-3-5-15(16)24(27)28/h1,3-8,10,26H,9,11H2. The van der Waals surface area contributed by atoms with E-state index < -0.39 is 17.4 Å². The fourth-order valence-electron chi connectivity index (χ4n) is 2.65. The summed E-state index contributed by atoms with van der Waals surface area (Å²) in [7, 11) is 0. The number of hydrogen-bond acceptors (Lipinski definition) is 6. The Morgan fingerprint density at radius 1 is 1.34 bits per heavy atom. The first-order valence-electron chi connectivity index (χ1n) is 8.17. The lowest BCUT2D eigenvalue weighted by Gasteiger charge is -2.03. The van der Waals surface area contributed by atoms with Gasteiger partial charge in [0, 0.05) is 15.9 Å². The summed E-state index contributed by atoms with van der Waals surface area (Å²) in [5, 5.41) is 29.3. The van der Waals surface area contributed by atoms with Gasteiger partial charge in [-0.2, -0.15) is 0 Å². The van der Waals surface area contributed by atoms with Crippen molar-refractivity contribution in [2.45, 2.75) is 6.54 Å². The lowest BCUT2D eigenvalue weighted by molar-refractivity contribution is -0.385. The summed E-state index contributed by atoms with van der Waals surface area (Å²) in [6.07, 6.45) is 5.35. The number of nitrogens with zero attached hydrogens (tertiary/aromatic N) is 4. The highest BCUT2D eigenvalue weighted by Gasteiger charge is 2.18. The normalized spacial score (nSPS) is 10.9. The maximum absolute atomic E-state index is 12.0. The van der Waals surface area contributed by atoms with Gasteiger partial charge in [0.05, 0.1) is 17.0 Å². The number of terminal acetylenes is 1. The van der Waals surface area contributed by atoms with Crippen LogP contribution in [0, 0.1) is 22.5 Å². The molecule has 1 amide bonds. The molecule has 146 valence electrons. The molecule has 0 aliphatic carbocycles. The van der Waals surface area contributed by atoms with E-state index in [1.54, 1.807) is 24.3 Å². The molecule has 3 aromatic rings. The SMILES string of the molecule is C#CCn1c(O)c(N=NC(=O)COc2ccccc2[N+](=O)[O-])c2cc(Br)ccc21. The molecule has 0 aliphatic rings. The Hall–Kier alpha value is -3.71. The summed E-state index contributed by atoms with van der Waals surface area (Å²) in [5.74, 6) is 1.37. The number of azo groups is 1. The van der Waals surface area contributed by atoms with E-state index in [0.717, 1.165) is 4.47 Å². The Balaban J connectivity index is 1.83. The van der Waals surface area contributed by atoms with E-state index in [2.05, 4.69) is 32.1 Å². The summed E-state index contributed by atoms with van der Waals surface area (Å²) in [4.78, 5) is 22.4. The van der Waals surface area contributed by atoms with E-state index >= 15 is 0 Å². The zero-order valence-electron chi connectivity index (χ0n) is 14.8. The van der Waals surface area contributed by atoms with Gasteiger partial charge in [-0.3, -0.25) is 19.5 Å². The minimum Gasteiger partial charge on any atom is -0.493 e. The number of fused-ring (bicyclic) bond motifs is 1. The van der Waals surface area contributed by atoms with Gasteiger partial charge >= 0.3 is 11.6 Å². The van der Waals surface area contributed by atoms with Crippen LogP contribution in [0.5, 0.6) is 11.6 Å². The number of benzene rings is 2. The van der Waals surface area contributed by atoms with Gasteiger partial charge in [0.2, 0.25) is 5.88 Å². The smallest absolute Gasteiger partial charge is 0.310 e. The quantitative estimate of drug-likeness (QED) is 0.256. The largest absolute Gasteiger partial charge is 0.493 e. The van der Waals surface area contributed by atoms with Crippen LogP contribution in [0.3, 0.4) is 0 Å². The molecule has 2 aromatic carbocycles. The molecular weight excluding hydrogens is 444 g/mol. The summed E-state index contributed by atoms with van der Waals surface area (Å²) in [5.41, 5.74) is 0.439. The zero-order valence-corrected chi connectivity index (χ0v) is 16.4. The van der Waals surface area contributed by atoms with Gasteiger partial charge in [-0.05, 0) is 24.3 Å². The first-order valence-corrected chi connectivity index (χ1v) is 8.96. The molecule has 0 aliphatic heterocycles. The lowest BCUT2D eigenvalue weighted by Crippen LogP contribution is -2.09. The van der Waals surface area contributed by atoms with Crippen molar-refractivity contribution in [1.82, 2.24) is 4.57 Å². The molecule has 0 saturated heterocycles. The molecule has 0 atom stereocenters. The van der Waals surface area contributed by atoms with Crippen LogP contribution in [0.15, 0.2) is 57.2 Å². The monoisotopic (exact) mass is 456 g/mol. The molecule has 1 heterocycles. The Bertz CT molecular complexity index is 1180. The van der Waals surface area contributed by atoms with Crippen molar-refractivity contribution in [3.8, 4) is 24.0 Å². The van der Waals surface area contributed by atoms with Crippen LogP contribution in [-0.4, -0.2) is 27.1 Å². The second kappa shape index (κ2) is 8.53. The van der Waals surface area contributed by atoms with E-state index in [1.807, 2.05) is 0 Å². The first kappa shape index (κ1) is 20.0. The molecule has 1 N–H and O–H groups in total. The number of nitro benzene ring substituents is 1. The highest BCUT2D eigenvalue weighted by atomic mass is 79.9. The zero-order chi connectivity index (χ0) is 21.0. The van der Waals surface area contributed by atoms with Crippen molar-refractivity contribution in [1.29, 1.82) is 0 Å². The second-order valence-corrected chi connectivity index (χ2v) is 6.65. The molecule has 0 fully saturated rings. The van der Waals surface area contributed by atoms with E-state index in [9.17, 15) is 20.0 Å². The lowest BCUT2D eigenvalue weighted by atomic mass is 10.2. The summed E-state index contributed by atoms with van der Waals surface area (Å²) >= 11 is 3.34. The molecule has 0 unspecified atom stereocenters. The average molecular weight is 457 g/mol. The Morgan fingerprint density at radius 2 is 2.10 bits per heavy atom. The van der Waals surface area contributed by atoms with E-state index in [0.29, 0.717) is 10.9 Å². The molecule has 9 nitrogen and oxygen atoms in total. The number of para-hydroxylation sites is 2. The van der Waals surface area contributed by atoms with Crippen LogP contribution < -0.4 is 4.74 Å². The van der Waals surface area contributed by atoms with Crippen molar-refractivity contribution in [2.75, 3.05) is 6.61 Å². The van der Waals surface area contributed by atoms with Crippen molar-refractivity contribution in [3.05, 3.63) is 57.1 Å². The summed E-state index contributed by atoms with van der Waals surface area (Å²) < 4.78 is 7.39. The van der Waals surface area contributed by atoms with Crippen molar-refractivity contribution in [3.63, 3.8) is 0 Å². The van der Waals surface area contributed by atoms with Crippen LogP contribution in [0.1, 0.15) is 0 Å². The van der Waals surface area contributed by atoms with E-state index in [-0.39, 0.29) is 29.5 Å². The van der Waals surface area contributed by atoms with Gasteiger partial charge in [-0.25, -0.2) is 0 Å². The minimum atomic E-state index is -0.782. The van der Waals surface area contributed by atoms with Gasteiger partial charge in [0.1, 0.15) is 0 Å². The van der Waals surface area contributed by atoms with Crippen LogP contribution >= 0.6 is 15.9 Å². The number of nitro groups is 1.